The van der Waals surface area contributed by atoms with E-state index in [1.807, 2.05) is 24.2 Å². The molecule has 0 unspecified atom stereocenters. The van der Waals surface area contributed by atoms with Crippen molar-refractivity contribution in [1.29, 1.82) is 0 Å². The first kappa shape index (κ1) is 10.5. The molecular formula is C10H16N2S. The highest BCUT2D eigenvalue weighted by molar-refractivity contribution is 7.98. The van der Waals surface area contributed by atoms with Crippen LogP contribution in [-0.4, -0.2) is 23.5 Å². The van der Waals surface area contributed by atoms with E-state index in [1.54, 1.807) is 0 Å². The summed E-state index contributed by atoms with van der Waals surface area (Å²) in [5.74, 6) is 1.16. The summed E-state index contributed by atoms with van der Waals surface area (Å²) in [5.41, 5.74) is 1.30. The number of hydrogen-bond donors (Lipinski definition) is 1. The first-order valence-corrected chi connectivity index (χ1v) is 5.86. The minimum Gasteiger partial charge on any atom is -0.309 e. The van der Waals surface area contributed by atoms with Crippen LogP contribution in [0.15, 0.2) is 24.5 Å². The maximum Gasteiger partial charge on any atom is 0.0293 e. The Hall–Kier alpha value is -0.540. The lowest BCUT2D eigenvalue weighted by molar-refractivity contribution is 0.601. The Labute approximate surface area is 84.1 Å². The summed E-state index contributed by atoms with van der Waals surface area (Å²) in [6.45, 7) is 3.24. The zero-order valence-electron chi connectivity index (χ0n) is 8.16. The molecule has 13 heavy (non-hydrogen) atoms. The van der Waals surface area contributed by atoms with E-state index in [4.69, 9.17) is 0 Å². The van der Waals surface area contributed by atoms with E-state index in [0.717, 1.165) is 12.3 Å². The summed E-state index contributed by atoms with van der Waals surface area (Å²) >= 11 is 1.86. The fraction of sp³-hybridized carbons (Fsp3) is 0.500. The van der Waals surface area contributed by atoms with Crippen LogP contribution >= 0.6 is 11.8 Å². The molecule has 2 nitrogen and oxygen atoms in total. The Balaban J connectivity index is 2.35. The van der Waals surface area contributed by atoms with Crippen molar-refractivity contribution in [1.82, 2.24) is 10.3 Å². The third kappa shape index (κ3) is 3.79. The number of pyridine rings is 1. The molecule has 0 aliphatic heterocycles. The number of hydrogen-bond acceptors (Lipinski definition) is 3. The molecule has 0 saturated heterocycles. The van der Waals surface area contributed by atoms with Crippen molar-refractivity contribution in [3.8, 4) is 0 Å². The fourth-order valence-electron chi connectivity index (χ4n) is 1.15. The largest absolute Gasteiger partial charge is 0.309 e. The van der Waals surface area contributed by atoms with Crippen molar-refractivity contribution in [2.45, 2.75) is 13.0 Å². The van der Waals surface area contributed by atoms with Gasteiger partial charge in [-0.1, -0.05) is 0 Å². The second kappa shape index (κ2) is 6.00. The van der Waals surface area contributed by atoms with Gasteiger partial charge >= 0.3 is 0 Å². The second-order valence-corrected chi connectivity index (χ2v) is 3.93. The summed E-state index contributed by atoms with van der Waals surface area (Å²) in [6.07, 6.45) is 5.79. The van der Waals surface area contributed by atoms with Crippen molar-refractivity contribution in [3.63, 3.8) is 0 Å². The molecule has 1 N–H and O–H groups in total. The molecule has 1 rings (SSSR count). The van der Waals surface area contributed by atoms with Gasteiger partial charge < -0.3 is 5.32 Å². The maximum absolute atomic E-state index is 3.99. The highest BCUT2D eigenvalue weighted by atomic mass is 32.2. The Morgan fingerprint density at radius 2 is 2.15 bits per heavy atom. The Kier molecular flexibility index (Phi) is 4.86. The van der Waals surface area contributed by atoms with E-state index in [9.17, 15) is 0 Å². The van der Waals surface area contributed by atoms with Gasteiger partial charge in [-0.25, -0.2) is 0 Å². The molecule has 1 heterocycles. The van der Waals surface area contributed by atoms with Crippen LogP contribution < -0.4 is 5.32 Å². The molecule has 0 bridgehead atoms. The van der Waals surface area contributed by atoms with Crippen LogP contribution in [0.4, 0.5) is 0 Å². The van der Waals surface area contributed by atoms with Gasteiger partial charge in [0.05, 0.1) is 0 Å². The zero-order valence-corrected chi connectivity index (χ0v) is 8.97. The quantitative estimate of drug-likeness (QED) is 0.730. The lowest BCUT2D eigenvalue weighted by Gasteiger charge is -2.12. The predicted molar refractivity (Wildman–Crippen MR) is 59.0 cm³/mol. The fourth-order valence-corrected chi connectivity index (χ4v) is 1.47. The van der Waals surface area contributed by atoms with Gasteiger partial charge in [-0.3, -0.25) is 4.98 Å². The second-order valence-electron chi connectivity index (χ2n) is 2.95. The van der Waals surface area contributed by atoms with Crippen molar-refractivity contribution in [2.75, 3.05) is 18.6 Å². The Morgan fingerprint density at radius 3 is 2.77 bits per heavy atom. The first-order valence-electron chi connectivity index (χ1n) is 4.47. The van der Waals surface area contributed by atoms with Gasteiger partial charge in [-0.05, 0) is 30.9 Å². The first-order chi connectivity index (χ1) is 6.34. The van der Waals surface area contributed by atoms with Gasteiger partial charge in [-0.15, -0.1) is 0 Å². The molecule has 3 heteroatoms. The molecule has 1 atom stereocenters. The monoisotopic (exact) mass is 196 g/mol. The van der Waals surface area contributed by atoms with Gasteiger partial charge in [-0.2, -0.15) is 11.8 Å². The van der Waals surface area contributed by atoms with Crippen LogP contribution in [0.1, 0.15) is 18.5 Å². The van der Waals surface area contributed by atoms with Gasteiger partial charge in [0.25, 0.3) is 0 Å². The van der Waals surface area contributed by atoms with Gasteiger partial charge in [0, 0.05) is 30.7 Å². The zero-order chi connectivity index (χ0) is 9.52. The van der Waals surface area contributed by atoms with E-state index >= 15 is 0 Å². The molecule has 0 aliphatic rings. The molecule has 0 fully saturated rings. The summed E-state index contributed by atoms with van der Waals surface area (Å²) in [4.78, 5) is 3.99. The summed E-state index contributed by atoms with van der Waals surface area (Å²) in [6, 6.07) is 4.53. The van der Waals surface area contributed by atoms with Gasteiger partial charge in [0.15, 0.2) is 0 Å². The third-order valence-electron chi connectivity index (χ3n) is 1.96. The minimum absolute atomic E-state index is 0.426. The van der Waals surface area contributed by atoms with Crippen molar-refractivity contribution in [2.24, 2.45) is 0 Å². The molecule has 1 aromatic heterocycles. The Morgan fingerprint density at radius 1 is 1.46 bits per heavy atom. The number of aromatic nitrogens is 1. The molecule has 0 aliphatic carbocycles. The van der Waals surface area contributed by atoms with Crippen LogP contribution in [0.25, 0.3) is 0 Å². The molecule has 0 radical (unpaired) electrons. The van der Waals surface area contributed by atoms with Crippen LogP contribution in [-0.2, 0) is 0 Å². The SMILES string of the molecule is CSCCN[C@H](C)c1ccncc1. The average Bonchev–Trinajstić information content (AvgIpc) is 2.19. The standard InChI is InChI=1S/C10H16N2S/c1-9(12-7-8-13-2)10-3-5-11-6-4-10/h3-6,9,12H,7-8H2,1-2H3/t9-/m1/s1. The smallest absolute Gasteiger partial charge is 0.0293 e. The number of nitrogens with one attached hydrogen (secondary N) is 1. The van der Waals surface area contributed by atoms with Crippen molar-refractivity contribution in [3.05, 3.63) is 30.1 Å². The Bertz CT molecular complexity index is 226. The maximum atomic E-state index is 3.99. The van der Waals surface area contributed by atoms with Gasteiger partial charge in [0.2, 0.25) is 0 Å². The summed E-state index contributed by atoms with van der Waals surface area (Å²) in [5, 5.41) is 3.45. The number of nitrogens with zero attached hydrogens (tertiary/aromatic N) is 1. The van der Waals surface area contributed by atoms with Crippen LogP contribution in [0.3, 0.4) is 0 Å². The van der Waals surface area contributed by atoms with Crippen molar-refractivity contribution >= 4 is 11.8 Å². The molecular weight excluding hydrogens is 180 g/mol. The predicted octanol–water partition coefficient (Wildman–Crippen LogP) is 2.10. The van der Waals surface area contributed by atoms with E-state index in [0.29, 0.717) is 6.04 Å². The molecule has 0 amide bonds. The van der Waals surface area contributed by atoms with Gasteiger partial charge in [0.1, 0.15) is 0 Å². The van der Waals surface area contributed by atoms with Crippen LogP contribution in [0, 0.1) is 0 Å². The average molecular weight is 196 g/mol. The summed E-state index contributed by atoms with van der Waals surface area (Å²) < 4.78 is 0. The molecule has 1 aromatic rings. The minimum atomic E-state index is 0.426. The van der Waals surface area contributed by atoms with E-state index in [1.165, 1.54) is 5.56 Å². The lowest BCUT2D eigenvalue weighted by atomic mass is 10.1. The summed E-state index contributed by atoms with van der Waals surface area (Å²) in [7, 11) is 0. The highest BCUT2D eigenvalue weighted by Gasteiger charge is 2.01. The van der Waals surface area contributed by atoms with E-state index < -0.39 is 0 Å². The molecule has 0 saturated carbocycles. The molecule has 72 valence electrons. The number of rotatable bonds is 5. The van der Waals surface area contributed by atoms with E-state index in [2.05, 4.69) is 35.6 Å². The topological polar surface area (TPSA) is 24.9 Å². The molecule has 0 aromatic carbocycles. The van der Waals surface area contributed by atoms with Crippen LogP contribution in [0.5, 0.6) is 0 Å². The number of thioether (sulfide) groups is 1. The van der Waals surface area contributed by atoms with Crippen LogP contribution in [0.2, 0.25) is 0 Å². The van der Waals surface area contributed by atoms with Crippen molar-refractivity contribution < 1.29 is 0 Å². The normalized spacial score (nSPS) is 12.8. The highest BCUT2D eigenvalue weighted by Crippen LogP contribution is 2.09. The molecule has 0 spiro atoms. The van der Waals surface area contributed by atoms with E-state index in [-0.39, 0.29) is 0 Å². The third-order valence-corrected chi connectivity index (χ3v) is 2.58. The lowest BCUT2D eigenvalue weighted by Crippen LogP contribution is -2.21.